The molecule has 0 saturated carbocycles. The van der Waals surface area contributed by atoms with Gasteiger partial charge < -0.3 is 15.0 Å². The lowest BCUT2D eigenvalue weighted by Crippen LogP contribution is -1.94. The summed E-state index contributed by atoms with van der Waals surface area (Å²) in [6.45, 7) is 3.89. The predicted molar refractivity (Wildman–Crippen MR) is 67.4 cm³/mol. The summed E-state index contributed by atoms with van der Waals surface area (Å²) in [5.74, 6) is 0.936. The molecule has 1 aromatic carbocycles. The number of methoxy groups -OCH3 is 1. The molecule has 0 aliphatic carbocycles. The van der Waals surface area contributed by atoms with Crippen LogP contribution in [0.15, 0.2) is 16.7 Å². The van der Waals surface area contributed by atoms with E-state index in [4.69, 9.17) is 26.6 Å². The van der Waals surface area contributed by atoms with Gasteiger partial charge in [-0.2, -0.15) is 0 Å². The molecule has 0 spiro atoms. The lowest BCUT2D eigenvalue weighted by Gasteiger charge is -2.13. The molecule has 0 radical (unpaired) electrons. The van der Waals surface area contributed by atoms with E-state index in [-0.39, 0.29) is 5.88 Å². The molecule has 2 aromatic rings. The van der Waals surface area contributed by atoms with E-state index in [1.165, 1.54) is 0 Å². The highest BCUT2D eigenvalue weighted by molar-refractivity contribution is 6.34. The Kier molecular flexibility index (Phi) is 2.98. The monoisotopic (exact) mass is 252 g/mol. The van der Waals surface area contributed by atoms with Crippen molar-refractivity contribution in [2.24, 2.45) is 0 Å². The quantitative estimate of drug-likeness (QED) is 0.892. The zero-order valence-corrected chi connectivity index (χ0v) is 10.6. The van der Waals surface area contributed by atoms with Crippen LogP contribution >= 0.6 is 11.6 Å². The van der Waals surface area contributed by atoms with Gasteiger partial charge in [0, 0.05) is 6.07 Å². The van der Waals surface area contributed by atoms with Crippen LogP contribution in [0.5, 0.6) is 5.75 Å². The lowest BCUT2D eigenvalue weighted by molar-refractivity contribution is 0.411. The molecule has 0 aliphatic heterocycles. The Hall–Kier alpha value is -1.68. The zero-order valence-electron chi connectivity index (χ0n) is 9.87. The Morgan fingerprint density at radius 1 is 1.29 bits per heavy atom. The molecule has 2 rings (SSSR count). The number of ether oxygens (including phenoxy) is 1. The fourth-order valence-corrected chi connectivity index (χ4v) is 2.08. The van der Waals surface area contributed by atoms with Crippen LogP contribution in [0, 0.1) is 13.8 Å². The highest BCUT2D eigenvalue weighted by atomic mass is 35.5. The summed E-state index contributed by atoms with van der Waals surface area (Å²) in [4.78, 5) is 0. The maximum absolute atomic E-state index is 6.29. The van der Waals surface area contributed by atoms with Gasteiger partial charge in [-0.15, -0.1) is 0 Å². The first-order chi connectivity index (χ1) is 8.04. The van der Waals surface area contributed by atoms with Gasteiger partial charge in [-0.05, 0) is 25.0 Å². The van der Waals surface area contributed by atoms with Crippen LogP contribution in [0.1, 0.15) is 11.1 Å². The maximum Gasteiger partial charge on any atom is 0.222 e. The summed E-state index contributed by atoms with van der Waals surface area (Å²) in [6, 6.07) is 3.59. The third kappa shape index (κ3) is 1.96. The Morgan fingerprint density at radius 3 is 2.53 bits per heavy atom. The third-order valence-electron chi connectivity index (χ3n) is 2.57. The van der Waals surface area contributed by atoms with Gasteiger partial charge in [0.2, 0.25) is 5.88 Å². The molecular formula is C12H13ClN2O2. The largest absolute Gasteiger partial charge is 0.496 e. The van der Waals surface area contributed by atoms with Crippen LogP contribution < -0.4 is 10.5 Å². The van der Waals surface area contributed by atoms with E-state index in [1.807, 2.05) is 19.9 Å². The molecule has 1 aromatic heterocycles. The van der Waals surface area contributed by atoms with Gasteiger partial charge in [-0.25, -0.2) is 0 Å². The number of hydrogen-bond donors (Lipinski definition) is 1. The number of rotatable bonds is 2. The molecule has 0 unspecified atom stereocenters. The molecule has 1 heterocycles. The molecule has 0 fully saturated rings. The highest BCUT2D eigenvalue weighted by Gasteiger charge is 2.18. The zero-order chi connectivity index (χ0) is 12.6. The molecular weight excluding hydrogens is 240 g/mol. The summed E-state index contributed by atoms with van der Waals surface area (Å²) in [7, 11) is 1.60. The highest BCUT2D eigenvalue weighted by Crippen LogP contribution is 2.40. The van der Waals surface area contributed by atoms with Crippen LogP contribution in [-0.2, 0) is 0 Å². The van der Waals surface area contributed by atoms with Gasteiger partial charge in [0.25, 0.3) is 0 Å². The second-order valence-electron chi connectivity index (χ2n) is 3.85. The Labute approximate surface area is 104 Å². The standard InChI is InChI=1S/C12H13ClN2O2/c1-6-4-7(2)12(16-3)10(11(6)13)8-5-9(14)17-15-8/h4-5H,14H2,1-3H3. The van der Waals surface area contributed by atoms with E-state index < -0.39 is 0 Å². The predicted octanol–water partition coefficient (Wildman–Crippen LogP) is 3.20. The van der Waals surface area contributed by atoms with Crippen molar-refractivity contribution in [2.45, 2.75) is 13.8 Å². The number of hydrogen-bond acceptors (Lipinski definition) is 4. The topological polar surface area (TPSA) is 61.3 Å². The summed E-state index contributed by atoms with van der Waals surface area (Å²) in [6.07, 6.45) is 0. The third-order valence-corrected chi connectivity index (χ3v) is 3.06. The first-order valence-electron chi connectivity index (χ1n) is 5.11. The van der Waals surface area contributed by atoms with Gasteiger partial charge in [-0.1, -0.05) is 22.8 Å². The summed E-state index contributed by atoms with van der Waals surface area (Å²) in [5, 5.41) is 4.47. The van der Waals surface area contributed by atoms with Crippen molar-refractivity contribution < 1.29 is 9.26 Å². The van der Waals surface area contributed by atoms with Crippen molar-refractivity contribution >= 4 is 17.5 Å². The van der Waals surface area contributed by atoms with E-state index in [2.05, 4.69) is 5.16 Å². The van der Waals surface area contributed by atoms with Gasteiger partial charge >= 0.3 is 0 Å². The first kappa shape index (κ1) is 11.8. The second-order valence-corrected chi connectivity index (χ2v) is 4.23. The number of aromatic nitrogens is 1. The van der Waals surface area contributed by atoms with Crippen LogP contribution in [0.25, 0.3) is 11.3 Å². The molecule has 2 N–H and O–H groups in total. The maximum atomic E-state index is 6.29. The smallest absolute Gasteiger partial charge is 0.222 e. The number of nitrogens with two attached hydrogens (primary N) is 1. The van der Waals surface area contributed by atoms with Crippen molar-refractivity contribution in [3.05, 3.63) is 28.3 Å². The number of benzene rings is 1. The van der Waals surface area contributed by atoms with Gasteiger partial charge in [0.1, 0.15) is 11.4 Å². The van der Waals surface area contributed by atoms with E-state index in [0.717, 1.165) is 11.1 Å². The summed E-state index contributed by atoms with van der Waals surface area (Å²) in [5.41, 5.74) is 8.77. The molecule has 0 atom stereocenters. The van der Waals surface area contributed by atoms with Crippen LogP contribution in [-0.4, -0.2) is 12.3 Å². The Balaban J connectivity index is 2.74. The van der Waals surface area contributed by atoms with Crippen molar-refractivity contribution in [3.8, 4) is 17.0 Å². The molecule has 0 bridgehead atoms. The average molecular weight is 253 g/mol. The Morgan fingerprint density at radius 2 is 2.00 bits per heavy atom. The molecule has 4 nitrogen and oxygen atoms in total. The number of aryl methyl sites for hydroxylation is 2. The van der Waals surface area contributed by atoms with Gasteiger partial charge in [-0.3, -0.25) is 0 Å². The second kappa shape index (κ2) is 4.30. The number of nitrogen functional groups attached to an aromatic ring is 1. The van der Waals surface area contributed by atoms with Crippen LogP contribution in [0.4, 0.5) is 5.88 Å². The van der Waals surface area contributed by atoms with E-state index in [9.17, 15) is 0 Å². The summed E-state index contributed by atoms with van der Waals surface area (Å²) < 4.78 is 10.2. The first-order valence-corrected chi connectivity index (χ1v) is 5.48. The fraction of sp³-hybridized carbons (Fsp3) is 0.250. The van der Waals surface area contributed by atoms with Crippen molar-refractivity contribution in [2.75, 3.05) is 12.8 Å². The minimum Gasteiger partial charge on any atom is -0.496 e. The normalized spacial score (nSPS) is 10.6. The van der Waals surface area contributed by atoms with Crippen molar-refractivity contribution in [3.63, 3.8) is 0 Å². The lowest BCUT2D eigenvalue weighted by atomic mass is 10.0. The minimum absolute atomic E-state index is 0.247. The average Bonchev–Trinajstić information content (AvgIpc) is 2.69. The molecule has 0 saturated heterocycles. The van der Waals surface area contributed by atoms with E-state index >= 15 is 0 Å². The minimum atomic E-state index is 0.247. The number of nitrogens with zero attached hydrogens (tertiary/aromatic N) is 1. The number of halogens is 1. The number of anilines is 1. The van der Waals surface area contributed by atoms with Crippen molar-refractivity contribution in [1.82, 2.24) is 5.16 Å². The van der Waals surface area contributed by atoms with Gasteiger partial charge in [0.05, 0.1) is 17.7 Å². The summed E-state index contributed by atoms with van der Waals surface area (Å²) >= 11 is 6.29. The Bertz CT molecular complexity index is 564. The molecule has 5 heteroatoms. The van der Waals surface area contributed by atoms with Crippen LogP contribution in [0.2, 0.25) is 5.02 Å². The molecule has 17 heavy (non-hydrogen) atoms. The molecule has 90 valence electrons. The fourth-order valence-electron chi connectivity index (χ4n) is 1.85. The van der Waals surface area contributed by atoms with Crippen LogP contribution in [0.3, 0.4) is 0 Å². The molecule has 0 aliphatic rings. The SMILES string of the molecule is COc1c(C)cc(C)c(Cl)c1-c1cc(N)on1. The van der Waals surface area contributed by atoms with E-state index in [0.29, 0.717) is 22.0 Å². The van der Waals surface area contributed by atoms with Crippen molar-refractivity contribution in [1.29, 1.82) is 0 Å². The van der Waals surface area contributed by atoms with E-state index in [1.54, 1.807) is 13.2 Å². The molecule has 0 amide bonds. The van der Waals surface area contributed by atoms with Gasteiger partial charge in [0.15, 0.2) is 0 Å².